The van der Waals surface area contributed by atoms with Gasteiger partial charge in [-0.25, -0.2) is 18.1 Å². The second-order valence-corrected chi connectivity index (χ2v) is 6.14. The van der Waals surface area contributed by atoms with Gasteiger partial charge in [-0.1, -0.05) is 0 Å². The summed E-state index contributed by atoms with van der Waals surface area (Å²) < 4.78 is 55.5. The maximum absolute atomic E-state index is 14.2. The van der Waals surface area contributed by atoms with Crippen LogP contribution in [0.4, 0.5) is 23.2 Å². The Hall–Kier alpha value is -4.20. The zero-order valence-electron chi connectivity index (χ0n) is 14.9. The Labute approximate surface area is 165 Å². The average molecular weight is 414 g/mol. The first-order chi connectivity index (χ1) is 14.4. The molecule has 1 amide bonds. The van der Waals surface area contributed by atoms with Crippen LogP contribution in [0.2, 0.25) is 0 Å². The van der Waals surface area contributed by atoms with Gasteiger partial charge in [-0.2, -0.15) is 24.2 Å². The summed E-state index contributed by atoms with van der Waals surface area (Å²) in [5.41, 5.74) is -0.482. The molecule has 4 rings (SSSR count). The lowest BCUT2D eigenvalue weighted by Crippen LogP contribution is -2.16. The third-order valence-electron chi connectivity index (χ3n) is 4.30. The van der Waals surface area contributed by atoms with E-state index in [1.54, 1.807) is 12.1 Å². The summed E-state index contributed by atoms with van der Waals surface area (Å²) in [7, 11) is 0. The molecule has 11 heteroatoms. The fourth-order valence-corrected chi connectivity index (χ4v) is 2.89. The predicted molar refractivity (Wildman–Crippen MR) is 97.1 cm³/mol. The predicted octanol–water partition coefficient (Wildman–Crippen LogP) is 4.02. The fraction of sp³-hybridized carbons (Fsp3) is 0.0526. The normalized spacial score (nSPS) is 11.1. The van der Waals surface area contributed by atoms with Gasteiger partial charge in [0.05, 0.1) is 29.7 Å². The third-order valence-corrected chi connectivity index (χ3v) is 4.30. The number of aromatic nitrogens is 4. The SMILES string of the molecule is N#Cc1ccc(F)c(C(=O)Nc2ccc3cnn(-c4cnn(C(F)F)c4)c3c2)c1F. The molecule has 0 aliphatic rings. The molecule has 0 aliphatic carbocycles. The second-order valence-electron chi connectivity index (χ2n) is 6.14. The number of hydrogen-bond acceptors (Lipinski definition) is 4. The number of halogens is 4. The lowest BCUT2D eigenvalue weighted by molar-refractivity contribution is 0.0566. The summed E-state index contributed by atoms with van der Waals surface area (Å²) in [6.07, 6.45) is 3.78. The molecular formula is C19H10F4N6O. The van der Waals surface area contributed by atoms with Crippen molar-refractivity contribution in [2.75, 3.05) is 5.32 Å². The van der Waals surface area contributed by atoms with Crippen molar-refractivity contribution in [1.82, 2.24) is 19.6 Å². The van der Waals surface area contributed by atoms with Gasteiger partial charge in [0, 0.05) is 11.1 Å². The molecule has 0 saturated heterocycles. The fourth-order valence-electron chi connectivity index (χ4n) is 2.89. The molecule has 0 aliphatic heterocycles. The Balaban J connectivity index is 1.69. The van der Waals surface area contributed by atoms with E-state index in [1.165, 1.54) is 29.2 Å². The molecule has 0 fully saturated rings. The third kappa shape index (κ3) is 3.24. The van der Waals surface area contributed by atoms with Crippen LogP contribution in [0.3, 0.4) is 0 Å². The number of nitrogens with one attached hydrogen (secondary N) is 1. The van der Waals surface area contributed by atoms with Crippen LogP contribution in [0.5, 0.6) is 0 Å². The molecular weight excluding hydrogens is 404 g/mol. The second kappa shape index (κ2) is 7.32. The van der Waals surface area contributed by atoms with E-state index >= 15 is 0 Å². The molecule has 2 heterocycles. The number of hydrogen-bond donors (Lipinski definition) is 1. The quantitative estimate of drug-likeness (QED) is 0.511. The first kappa shape index (κ1) is 19.1. The van der Waals surface area contributed by atoms with E-state index in [2.05, 4.69) is 15.5 Å². The maximum atomic E-state index is 14.2. The van der Waals surface area contributed by atoms with Gasteiger partial charge >= 0.3 is 6.55 Å². The van der Waals surface area contributed by atoms with Crippen LogP contribution in [0.25, 0.3) is 16.6 Å². The molecule has 0 radical (unpaired) electrons. The van der Waals surface area contributed by atoms with Crippen molar-refractivity contribution in [3.05, 3.63) is 71.7 Å². The Bertz CT molecular complexity index is 1320. The van der Waals surface area contributed by atoms with E-state index in [0.29, 0.717) is 15.6 Å². The van der Waals surface area contributed by atoms with E-state index in [1.807, 2.05) is 0 Å². The van der Waals surface area contributed by atoms with Gasteiger partial charge in [0.1, 0.15) is 23.1 Å². The Morgan fingerprint density at radius 1 is 1.13 bits per heavy atom. The zero-order chi connectivity index (χ0) is 21.4. The van der Waals surface area contributed by atoms with Crippen molar-refractivity contribution in [3.63, 3.8) is 0 Å². The minimum atomic E-state index is -2.82. The zero-order valence-corrected chi connectivity index (χ0v) is 14.9. The van der Waals surface area contributed by atoms with Gasteiger partial charge in [-0.15, -0.1) is 0 Å². The molecule has 0 spiro atoms. The highest BCUT2D eigenvalue weighted by molar-refractivity contribution is 6.05. The maximum Gasteiger partial charge on any atom is 0.333 e. The van der Waals surface area contributed by atoms with E-state index in [4.69, 9.17) is 5.26 Å². The van der Waals surface area contributed by atoms with E-state index < -0.39 is 35.2 Å². The van der Waals surface area contributed by atoms with E-state index in [0.717, 1.165) is 18.3 Å². The largest absolute Gasteiger partial charge is 0.333 e. The molecule has 30 heavy (non-hydrogen) atoms. The van der Waals surface area contributed by atoms with Gasteiger partial charge in [0.25, 0.3) is 5.91 Å². The van der Waals surface area contributed by atoms with Crippen molar-refractivity contribution < 1.29 is 22.4 Å². The van der Waals surface area contributed by atoms with Gasteiger partial charge in [0.15, 0.2) is 5.82 Å². The Morgan fingerprint density at radius 2 is 1.93 bits per heavy atom. The molecule has 2 aromatic carbocycles. The number of nitriles is 1. The summed E-state index contributed by atoms with van der Waals surface area (Å²) in [4.78, 5) is 12.4. The Kier molecular flexibility index (Phi) is 4.67. The van der Waals surface area contributed by atoms with Crippen molar-refractivity contribution >= 4 is 22.5 Å². The monoisotopic (exact) mass is 414 g/mol. The minimum Gasteiger partial charge on any atom is -0.322 e. The summed E-state index contributed by atoms with van der Waals surface area (Å²) in [6.45, 7) is -2.82. The average Bonchev–Trinajstić information content (AvgIpc) is 3.35. The van der Waals surface area contributed by atoms with Crippen LogP contribution in [0, 0.1) is 23.0 Å². The van der Waals surface area contributed by atoms with Crippen LogP contribution in [0.15, 0.2) is 48.9 Å². The summed E-state index contributed by atoms with van der Waals surface area (Å²) in [5, 5.41) is 19.5. The highest BCUT2D eigenvalue weighted by Crippen LogP contribution is 2.24. The van der Waals surface area contributed by atoms with Crippen LogP contribution in [-0.4, -0.2) is 25.5 Å². The summed E-state index contributed by atoms with van der Waals surface area (Å²) in [5.74, 6) is -3.46. The van der Waals surface area contributed by atoms with Gasteiger partial charge in [-0.3, -0.25) is 4.79 Å². The lowest BCUT2D eigenvalue weighted by Gasteiger charge is -2.09. The molecule has 0 atom stereocenters. The molecule has 150 valence electrons. The van der Waals surface area contributed by atoms with Crippen LogP contribution >= 0.6 is 0 Å². The first-order valence-corrected chi connectivity index (χ1v) is 8.39. The number of carbonyl (C=O) groups excluding carboxylic acids is 1. The number of anilines is 1. The molecule has 7 nitrogen and oxygen atoms in total. The molecule has 0 saturated carbocycles. The van der Waals surface area contributed by atoms with Gasteiger partial charge < -0.3 is 5.32 Å². The van der Waals surface area contributed by atoms with Crippen molar-refractivity contribution in [2.45, 2.75) is 6.55 Å². The molecule has 4 aromatic rings. The van der Waals surface area contributed by atoms with Crippen LogP contribution in [-0.2, 0) is 0 Å². The molecule has 0 unspecified atom stereocenters. The topological polar surface area (TPSA) is 88.5 Å². The van der Waals surface area contributed by atoms with Gasteiger partial charge in [0.2, 0.25) is 0 Å². The number of benzene rings is 2. The highest BCUT2D eigenvalue weighted by atomic mass is 19.3. The van der Waals surface area contributed by atoms with E-state index in [-0.39, 0.29) is 11.4 Å². The number of amides is 1. The van der Waals surface area contributed by atoms with E-state index in [9.17, 15) is 22.4 Å². The van der Waals surface area contributed by atoms with Crippen molar-refractivity contribution in [3.8, 4) is 11.8 Å². The highest BCUT2D eigenvalue weighted by Gasteiger charge is 2.21. The number of fused-ring (bicyclic) bond motifs is 1. The summed E-state index contributed by atoms with van der Waals surface area (Å²) in [6, 6.07) is 7.84. The smallest absolute Gasteiger partial charge is 0.322 e. The standard InChI is InChI=1S/C19H10F4N6O/c20-14-4-2-10(6-24)17(21)16(14)18(30)27-12-3-1-11-7-26-29(15(11)5-12)13-8-25-28(9-13)19(22)23/h1-5,7-9,19H,(H,27,30). The number of rotatable bonds is 4. The summed E-state index contributed by atoms with van der Waals surface area (Å²) >= 11 is 0. The molecule has 1 N–H and O–H groups in total. The molecule has 2 aromatic heterocycles. The molecule has 0 bridgehead atoms. The number of carbonyl (C=O) groups is 1. The Morgan fingerprint density at radius 3 is 2.63 bits per heavy atom. The minimum absolute atomic E-state index is 0.177. The van der Waals surface area contributed by atoms with Gasteiger partial charge in [-0.05, 0) is 30.3 Å². The number of nitrogens with zero attached hydrogens (tertiary/aromatic N) is 5. The van der Waals surface area contributed by atoms with Crippen molar-refractivity contribution in [2.24, 2.45) is 0 Å². The van der Waals surface area contributed by atoms with Crippen LogP contribution in [0.1, 0.15) is 22.5 Å². The lowest BCUT2D eigenvalue weighted by atomic mass is 10.1. The van der Waals surface area contributed by atoms with Crippen LogP contribution < -0.4 is 5.32 Å². The first-order valence-electron chi connectivity index (χ1n) is 8.39. The van der Waals surface area contributed by atoms with Crippen molar-refractivity contribution in [1.29, 1.82) is 5.26 Å². The number of alkyl halides is 2.